The van der Waals surface area contributed by atoms with E-state index in [-0.39, 0.29) is 28.9 Å². The molecule has 3 amide bonds. The van der Waals surface area contributed by atoms with E-state index in [0.717, 1.165) is 16.9 Å². The zero-order valence-electron chi connectivity index (χ0n) is 34.2. The topological polar surface area (TPSA) is 191 Å². The van der Waals surface area contributed by atoms with E-state index in [0.29, 0.717) is 38.3 Å². The van der Waals surface area contributed by atoms with Crippen molar-refractivity contribution in [3.8, 4) is 10.4 Å². The molecule has 1 aromatic heterocycles. The number of alkyl carbamates (subject to hydrolysis) is 2. The highest BCUT2D eigenvalue weighted by Crippen LogP contribution is 2.31. The highest BCUT2D eigenvalue weighted by Gasteiger charge is 2.30. The third-order valence-electron chi connectivity index (χ3n) is 7.37. The van der Waals surface area contributed by atoms with Crippen LogP contribution in [0.3, 0.4) is 0 Å². The largest absolute Gasteiger partial charge is 0.458 e. The van der Waals surface area contributed by atoms with E-state index in [9.17, 15) is 27.6 Å². The number of hydrogen-bond donors (Lipinski definition) is 4. The molecule has 3 rings (SSSR count). The van der Waals surface area contributed by atoms with Gasteiger partial charge in [-0.05, 0) is 103 Å². The summed E-state index contributed by atoms with van der Waals surface area (Å²) in [7, 11) is 1.60. The summed E-state index contributed by atoms with van der Waals surface area (Å²) in [6, 6.07) is 12.2. The van der Waals surface area contributed by atoms with Gasteiger partial charge in [-0.3, -0.25) is 20.2 Å². The van der Waals surface area contributed by atoms with Gasteiger partial charge in [0.15, 0.2) is 0 Å². The number of aliphatic imine (C=N–C) groups is 1. The third kappa shape index (κ3) is 15.0. The summed E-state index contributed by atoms with van der Waals surface area (Å²) in [6.45, 7) is 15.6. The average molecular weight is 816 g/mol. The van der Waals surface area contributed by atoms with Crippen LogP contribution >= 0.6 is 11.3 Å². The lowest BCUT2D eigenvalue weighted by Gasteiger charge is -2.24. The van der Waals surface area contributed by atoms with E-state index in [2.05, 4.69) is 25.7 Å². The second-order valence-corrected chi connectivity index (χ2v) is 19.0. The van der Waals surface area contributed by atoms with Crippen molar-refractivity contribution in [2.45, 2.75) is 84.5 Å². The minimum atomic E-state index is -4.20. The van der Waals surface area contributed by atoms with Crippen LogP contribution in [-0.2, 0) is 29.0 Å². The Hall–Kier alpha value is -4.84. The Morgan fingerprint density at radius 1 is 0.839 bits per heavy atom. The molecule has 0 radical (unpaired) electrons. The fourth-order valence-corrected chi connectivity index (χ4v) is 7.73. The van der Waals surface area contributed by atoms with Gasteiger partial charge in [0.2, 0.25) is 16.0 Å². The number of guanidine groups is 1. The van der Waals surface area contributed by atoms with Gasteiger partial charge in [0.05, 0.1) is 36.6 Å². The predicted octanol–water partition coefficient (Wildman–Crippen LogP) is 5.70. The first-order valence-corrected chi connectivity index (χ1v) is 20.2. The number of esters is 1. The molecule has 1 unspecified atom stereocenters. The first-order valence-electron chi connectivity index (χ1n) is 17.9. The number of amides is 3. The summed E-state index contributed by atoms with van der Waals surface area (Å²) in [5.41, 5.74) is 1.33. The SMILES string of the molecule is Cc1cc(C)c(S(=O)(=O)NC(CNC(=O)c2ccc(-c3cccc(N=C(NC(=O)OC(C)(C)C)NC(=O)OC(C)(C)C)c3)s2)C(=O)OCC[N+](C)(C)C)c(C)c1. The number of ether oxygens (including phenoxy) is 3. The molecule has 0 aliphatic rings. The molecule has 56 heavy (non-hydrogen) atoms. The molecule has 17 heteroatoms. The van der Waals surface area contributed by atoms with Gasteiger partial charge in [-0.1, -0.05) is 29.8 Å². The van der Waals surface area contributed by atoms with Gasteiger partial charge in [-0.25, -0.2) is 23.0 Å². The van der Waals surface area contributed by atoms with Crippen LogP contribution in [0.4, 0.5) is 15.3 Å². The number of thiophene rings is 1. The number of rotatable bonds is 12. The van der Waals surface area contributed by atoms with Crippen molar-refractivity contribution in [1.29, 1.82) is 0 Å². The molecule has 1 atom stereocenters. The molecule has 3 aromatic rings. The number of benzene rings is 2. The van der Waals surface area contributed by atoms with E-state index in [1.807, 2.05) is 28.1 Å². The molecular formula is C39H55N6O9S2+. The third-order valence-corrected chi connectivity index (χ3v) is 10.3. The van der Waals surface area contributed by atoms with Crippen LogP contribution in [0.2, 0.25) is 0 Å². The molecule has 0 spiro atoms. The fourth-order valence-electron chi connectivity index (χ4n) is 5.17. The van der Waals surface area contributed by atoms with Crippen molar-refractivity contribution in [1.82, 2.24) is 20.7 Å². The molecule has 0 aliphatic heterocycles. The summed E-state index contributed by atoms with van der Waals surface area (Å²) in [4.78, 5) is 57.2. The number of nitrogens with one attached hydrogen (secondary N) is 4. The Balaban J connectivity index is 1.84. The number of sulfonamides is 1. The Labute approximate surface area is 333 Å². The molecule has 306 valence electrons. The highest BCUT2D eigenvalue weighted by atomic mass is 32.2. The van der Waals surface area contributed by atoms with Crippen LogP contribution in [0.15, 0.2) is 58.4 Å². The summed E-state index contributed by atoms with van der Waals surface area (Å²) in [5.74, 6) is -1.59. The monoisotopic (exact) mass is 815 g/mol. The maximum absolute atomic E-state index is 13.6. The first-order chi connectivity index (χ1) is 25.7. The van der Waals surface area contributed by atoms with Crippen molar-refractivity contribution in [2.75, 3.05) is 40.8 Å². The summed E-state index contributed by atoms with van der Waals surface area (Å²) in [5, 5.41) is 7.58. The molecule has 0 saturated carbocycles. The second kappa shape index (κ2) is 18.4. The second-order valence-electron chi connectivity index (χ2n) is 16.2. The van der Waals surface area contributed by atoms with Gasteiger partial charge in [-0.2, -0.15) is 4.72 Å². The first kappa shape index (κ1) is 45.5. The van der Waals surface area contributed by atoms with Crippen molar-refractivity contribution in [2.24, 2.45) is 4.99 Å². The van der Waals surface area contributed by atoms with Gasteiger partial charge in [0.25, 0.3) is 5.91 Å². The van der Waals surface area contributed by atoms with Gasteiger partial charge < -0.3 is 24.0 Å². The molecule has 0 aliphatic carbocycles. The zero-order chi connectivity index (χ0) is 42.2. The van der Waals surface area contributed by atoms with Crippen molar-refractivity contribution in [3.05, 3.63) is 70.1 Å². The van der Waals surface area contributed by atoms with E-state index < -0.39 is 51.3 Å². The van der Waals surface area contributed by atoms with Crippen molar-refractivity contribution < 1.29 is 46.3 Å². The summed E-state index contributed by atoms with van der Waals surface area (Å²) in [6.07, 6.45) is -1.68. The number of quaternary nitrogens is 1. The fraction of sp³-hybridized carbons (Fsp3) is 0.462. The lowest BCUT2D eigenvalue weighted by molar-refractivity contribution is -0.870. The maximum Gasteiger partial charge on any atom is 0.414 e. The molecule has 2 aromatic carbocycles. The summed E-state index contributed by atoms with van der Waals surface area (Å²) >= 11 is 1.15. The Morgan fingerprint density at radius 2 is 1.41 bits per heavy atom. The van der Waals surface area contributed by atoms with Crippen molar-refractivity contribution >= 4 is 57.1 Å². The number of hydrogen-bond acceptors (Lipinski definition) is 11. The van der Waals surface area contributed by atoms with Gasteiger partial charge in [0, 0.05) is 11.4 Å². The van der Waals surface area contributed by atoms with Gasteiger partial charge in [0.1, 0.15) is 30.4 Å². The van der Waals surface area contributed by atoms with Crippen LogP contribution in [0.5, 0.6) is 0 Å². The Kier molecular flexibility index (Phi) is 15.0. The number of nitrogens with zero attached hydrogens (tertiary/aromatic N) is 2. The number of carbonyl (C=O) groups excluding carboxylic acids is 4. The van der Waals surface area contributed by atoms with Crippen LogP contribution in [0, 0.1) is 20.8 Å². The molecule has 4 N–H and O–H groups in total. The lowest BCUT2D eigenvalue weighted by atomic mass is 10.1. The van der Waals surface area contributed by atoms with E-state index in [1.54, 1.807) is 104 Å². The number of aryl methyl sites for hydroxylation is 3. The number of carbonyl (C=O) groups is 4. The van der Waals surface area contributed by atoms with E-state index >= 15 is 0 Å². The molecule has 15 nitrogen and oxygen atoms in total. The van der Waals surface area contributed by atoms with Crippen LogP contribution in [0.25, 0.3) is 10.4 Å². The maximum atomic E-state index is 13.6. The molecule has 1 heterocycles. The van der Waals surface area contributed by atoms with Crippen molar-refractivity contribution in [3.63, 3.8) is 0 Å². The smallest absolute Gasteiger partial charge is 0.414 e. The van der Waals surface area contributed by atoms with Gasteiger partial charge in [-0.15, -0.1) is 11.3 Å². The molecule has 0 bridgehead atoms. The van der Waals surface area contributed by atoms with Crippen LogP contribution in [-0.4, -0.2) is 101 Å². The quantitative estimate of drug-likeness (QED) is 0.0584. The van der Waals surface area contributed by atoms with Crippen LogP contribution < -0.4 is 20.7 Å². The Morgan fingerprint density at radius 3 is 1.95 bits per heavy atom. The van der Waals surface area contributed by atoms with Crippen LogP contribution in [0.1, 0.15) is 67.9 Å². The van der Waals surface area contributed by atoms with Gasteiger partial charge >= 0.3 is 18.2 Å². The Bertz CT molecular complexity index is 2000. The predicted molar refractivity (Wildman–Crippen MR) is 217 cm³/mol. The van der Waals surface area contributed by atoms with E-state index in [1.165, 1.54) is 0 Å². The number of likely N-dealkylation sites (N-methyl/N-ethyl adjacent to an activating group) is 1. The average Bonchev–Trinajstić information content (AvgIpc) is 3.50. The minimum absolute atomic E-state index is 0.0457. The highest BCUT2D eigenvalue weighted by molar-refractivity contribution is 7.89. The summed E-state index contributed by atoms with van der Waals surface area (Å²) < 4.78 is 46.3. The normalized spacial score (nSPS) is 12.6. The minimum Gasteiger partial charge on any atom is -0.458 e. The molecule has 0 fully saturated rings. The van der Waals surface area contributed by atoms with E-state index in [4.69, 9.17) is 14.2 Å². The standard InChI is InChI=1S/C39H54N6O9S2/c1-24-20-25(2)32(26(3)21-24)56(50,51)44-29(34(47)52-19-18-45(10,11)12)23-40-33(46)31-17-16-30(55-31)27-14-13-15-28(22-27)41-35(42-36(48)53-38(4,5)6)43-37(49)54-39(7,8)9/h13-17,20-22,29,44H,18-19,23H2,1-12H3,(H2-,40,41,42,43,46,48,49)/p+1. The molecule has 0 saturated heterocycles. The molecular weight excluding hydrogens is 761 g/mol. The zero-order valence-corrected chi connectivity index (χ0v) is 35.8. The lowest BCUT2D eigenvalue weighted by Crippen LogP contribution is -2.50.